The molecule has 0 aliphatic rings. The number of amides is 1. The molecule has 1 amide bonds. The van der Waals surface area contributed by atoms with Crippen molar-refractivity contribution >= 4 is 29.1 Å². The molecule has 0 unspecified atom stereocenters. The Balaban J connectivity index is 2.10. The second kappa shape index (κ2) is 6.04. The summed E-state index contributed by atoms with van der Waals surface area (Å²) in [4.78, 5) is 11.8. The maximum absolute atomic E-state index is 13.6. The van der Waals surface area contributed by atoms with Gasteiger partial charge in [-0.3, -0.25) is 4.79 Å². The Morgan fingerprint density at radius 1 is 1.05 bits per heavy atom. The van der Waals surface area contributed by atoms with Crippen molar-refractivity contribution in [3.63, 3.8) is 0 Å². The van der Waals surface area contributed by atoms with Gasteiger partial charge in [-0.25, -0.2) is 4.39 Å². The lowest BCUT2D eigenvalue weighted by atomic mass is 10.2. The molecule has 0 aromatic heterocycles. The molecule has 2 aromatic carbocycles. The number of carbonyl (C=O) groups is 1. The molecule has 0 fully saturated rings. The van der Waals surface area contributed by atoms with E-state index in [-0.39, 0.29) is 17.1 Å². The fraction of sp³-hybridized carbons (Fsp3) is 0.0714. The van der Waals surface area contributed by atoms with Gasteiger partial charge in [0.15, 0.2) is 5.82 Å². The lowest BCUT2D eigenvalue weighted by Crippen LogP contribution is -2.24. The largest absolute Gasteiger partial charge is 0.348 e. The van der Waals surface area contributed by atoms with Crippen LogP contribution >= 0.6 is 23.2 Å². The lowest BCUT2D eigenvalue weighted by molar-refractivity contribution is 0.0947. The summed E-state index contributed by atoms with van der Waals surface area (Å²) in [5.41, 5.74) is 0.680. The summed E-state index contributed by atoms with van der Waals surface area (Å²) in [5, 5.41) is 3.07. The van der Waals surface area contributed by atoms with Crippen LogP contribution in [0.15, 0.2) is 42.5 Å². The standard InChI is InChI=1S/C14H10Cl2FNO/c15-11-6-2-1-4-9(11)8-18-14(19)10-5-3-7-12(16)13(10)17/h1-7H,8H2,(H,18,19). The average molecular weight is 298 g/mol. The molecular formula is C14H10Cl2FNO. The van der Waals surface area contributed by atoms with Gasteiger partial charge in [-0.2, -0.15) is 0 Å². The van der Waals surface area contributed by atoms with Gasteiger partial charge in [0, 0.05) is 11.6 Å². The number of halogens is 3. The molecule has 19 heavy (non-hydrogen) atoms. The van der Waals surface area contributed by atoms with Crippen LogP contribution in [0.5, 0.6) is 0 Å². The van der Waals surface area contributed by atoms with Crippen molar-refractivity contribution in [2.24, 2.45) is 0 Å². The van der Waals surface area contributed by atoms with E-state index in [2.05, 4.69) is 5.32 Å². The first-order valence-electron chi connectivity index (χ1n) is 5.55. The highest BCUT2D eigenvalue weighted by Crippen LogP contribution is 2.18. The maximum atomic E-state index is 13.6. The molecule has 0 aliphatic carbocycles. The number of hydrogen-bond donors (Lipinski definition) is 1. The van der Waals surface area contributed by atoms with Gasteiger partial charge < -0.3 is 5.32 Å². The average Bonchev–Trinajstić information content (AvgIpc) is 2.40. The third-order valence-electron chi connectivity index (χ3n) is 2.59. The van der Waals surface area contributed by atoms with Crippen LogP contribution in [0, 0.1) is 5.82 Å². The number of rotatable bonds is 3. The molecule has 0 saturated heterocycles. The van der Waals surface area contributed by atoms with E-state index < -0.39 is 11.7 Å². The molecule has 2 aromatic rings. The third-order valence-corrected chi connectivity index (χ3v) is 3.25. The van der Waals surface area contributed by atoms with E-state index in [4.69, 9.17) is 23.2 Å². The normalized spacial score (nSPS) is 10.3. The highest BCUT2D eigenvalue weighted by molar-refractivity contribution is 6.31. The second-order valence-corrected chi connectivity index (χ2v) is 4.69. The molecule has 98 valence electrons. The van der Waals surface area contributed by atoms with Crippen molar-refractivity contribution < 1.29 is 9.18 Å². The quantitative estimate of drug-likeness (QED) is 0.909. The fourth-order valence-corrected chi connectivity index (χ4v) is 1.97. The summed E-state index contributed by atoms with van der Waals surface area (Å²) in [6.07, 6.45) is 0. The van der Waals surface area contributed by atoms with Crippen LogP contribution in [0.25, 0.3) is 0 Å². The predicted octanol–water partition coefficient (Wildman–Crippen LogP) is 4.06. The van der Waals surface area contributed by atoms with Crippen LogP contribution in [0.4, 0.5) is 4.39 Å². The van der Waals surface area contributed by atoms with Crippen LogP contribution in [0.2, 0.25) is 10.0 Å². The minimum atomic E-state index is -0.721. The number of benzene rings is 2. The molecule has 0 atom stereocenters. The summed E-state index contributed by atoms with van der Waals surface area (Å²) in [6.45, 7) is 0.227. The van der Waals surface area contributed by atoms with Crippen molar-refractivity contribution in [3.8, 4) is 0 Å². The monoisotopic (exact) mass is 297 g/mol. The Kier molecular flexibility index (Phi) is 4.40. The summed E-state index contributed by atoms with van der Waals surface area (Å²) >= 11 is 11.6. The second-order valence-electron chi connectivity index (χ2n) is 3.88. The summed E-state index contributed by atoms with van der Waals surface area (Å²) in [5.74, 6) is -1.25. The Morgan fingerprint density at radius 3 is 2.47 bits per heavy atom. The molecule has 5 heteroatoms. The molecule has 0 aliphatic heterocycles. The molecule has 0 radical (unpaired) electrons. The molecule has 0 bridgehead atoms. The van der Waals surface area contributed by atoms with Crippen LogP contribution in [-0.4, -0.2) is 5.91 Å². The summed E-state index contributed by atoms with van der Waals surface area (Å²) < 4.78 is 13.6. The van der Waals surface area contributed by atoms with E-state index >= 15 is 0 Å². The van der Waals surface area contributed by atoms with Crippen LogP contribution in [0.1, 0.15) is 15.9 Å². The van der Waals surface area contributed by atoms with Crippen LogP contribution in [-0.2, 0) is 6.54 Å². The Labute approximate surface area is 120 Å². The molecule has 2 rings (SSSR count). The predicted molar refractivity (Wildman–Crippen MR) is 74.0 cm³/mol. The number of nitrogens with one attached hydrogen (secondary N) is 1. The zero-order valence-electron chi connectivity index (χ0n) is 9.79. The first kappa shape index (κ1) is 13.8. The van der Waals surface area contributed by atoms with E-state index in [9.17, 15) is 9.18 Å². The first-order chi connectivity index (χ1) is 9.09. The topological polar surface area (TPSA) is 29.1 Å². The SMILES string of the molecule is O=C(NCc1ccccc1Cl)c1cccc(Cl)c1F. The molecule has 0 spiro atoms. The van der Waals surface area contributed by atoms with E-state index in [1.807, 2.05) is 6.07 Å². The number of hydrogen-bond acceptors (Lipinski definition) is 1. The van der Waals surface area contributed by atoms with Crippen LogP contribution < -0.4 is 5.32 Å². The van der Waals surface area contributed by atoms with Crippen molar-refractivity contribution in [1.82, 2.24) is 5.32 Å². The van der Waals surface area contributed by atoms with Gasteiger partial charge in [0.05, 0.1) is 10.6 Å². The first-order valence-corrected chi connectivity index (χ1v) is 6.31. The zero-order chi connectivity index (χ0) is 13.8. The van der Waals surface area contributed by atoms with Gasteiger partial charge in [-0.05, 0) is 23.8 Å². The number of carbonyl (C=O) groups excluding carboxylic acids is 1. The van der Waals surface area contributed by atoms with Gasteiger partial charge in [-0.1, -0.05) is 47.5 Å². The summed E-state index contributed by atoms with van der Waals surface area (Å²) in [6, 6.07) is 11.4. The van der Waals surface area contributed by atoms with Crippen molar-refractivity contribution in [1.29, 1.82) is 0 Å². The Morgan fingerprint density at radius 2 is 1.74 bits per heavy atom. The highest BCUT2D eigenvalue weighted by atomic mass is 35.5. The van der Waals surface area contributed by atoms with Gasteiger partial charge in [0.25, 0.3) is 5.91 Å². The van der Waals surface area contributed by atoms with Gasteiger partial charge in [-0.15, -0.1) is 0 Å². The van der Waals surface area contributed by atoms with Gasteiger partial charge in [0.1, 0.15) is 0 Å². The maximum Gasteiger partial charge on any atom is 0.254 e. The molecule has 0 heterocycles. The Bertz CT molecular complexity index is 616. The minimum Gasteiger partial charge on any atom is -0.348 e. The van der Waals surface area contributed by atoms with Crippen molar-refractivity contribution in [2.45, 2.75) is 6.54 Å². The highest BCUT2D eigenvalue weighted by Gasteiger charge is 2.13. The Hall–Kier alpha value is -1.58. The summed E-state index contributed by atoms with van der Waals surface area (Å²) in [7, 11) is 0. The third kappa shape index (κ3) is 3.25. The van der Waals surface area contributed by atoms with Crippen LogP contribution in [0.3, 0.4) is 0 Å². The zero-order valence-corrected chi connectivity index (χ0v) is 11.3. The van der Waals surface area contributed by atoms with E-state index in [1.54, 1.807) is 18.2 Å². The van der Waals surface area contributed by atoms with E-state index in [0.29, 0.717) is 5.02 Å². The molecule has 1 N–H and O–H groups in total. The van der Waals surface area contributed by atoms with Gasteiger partial charge >= 0.3 is 0 Å². The fourth-order valence-electron chi connectivity index (χ4n) is 1.59. The molecule has 2 nitrogen and oxygen atoms in total. The lowest BCUT2D eigenvalue weighted by Gasteiger charge is -2.08. The molecular weight excluding hydrogens is 288 g/mol. The van der Waals surface area contributed by atoms with E-state index in [0.717, 1.165) is 5.56 Å². The van der Waals surface area contributed by atoms with Crippen molar-refractivity contribution in [2.75, 3.05) is 0 Å². The smallest absolute Gasteiger partial charge is 0.254 e. The van der Waals surface area contributed by atoms with Crippen molar-refractivity contribution in [3.05, 3.63) is 69.5 Å². The van der Waals surface area contributed by atoms with E-state index in [1.165, 1.54) is 18.2 Å². The minimum absolute atomic E-state index is 0.0783. The molecule has 0 saturated carbocycles. The van der Waals surface area contributed by atoms with Gasteiger partial charge in [0.2, 0.25) is 0 Å².